The van der Waals surface area contributed by atoms with Crippen LogP contribution in [0.1, 0.15) is 13.3 Å². The van der Waals surface area contributed by atoms with E-state index in [0.29, 0.717) is 12.2 Å². The molecule has 3 nitrogen and oxygen atoms in total. The fourth-order valence-electron chi connectivity index (χ4n) is 1.88. The molecule has 1 unspecified atom stereocenters. The van der Waals surface area contributed by atoms with Gasteiger partial charge in [-0.25, -0.2) is 0 Å². The molecule has 1 aliphatic heterocycles. The third-order valence-electron chi connectivity index (χ3n) is 2.73. The Hall–Kier alpha value is -0.810. The Morgan fingerprint density at radius 3 is 3.00 bits per heavy atom. The summed E-state index contributed by atoms with van der Waals surface area (Å²) in [4.78, 5) is 15.1. The molecule has 92 valence electrons. The first-order chi connectivity index (χ1) is 8.13. The highest BCUT2D eigenvalue weighted by molar-refractivity contribution is 8.01. The summed E-state index contributed by atoms with van der Waals surface area (Å²) in [5.74, 6) is 0.943. The Morgan fingerprint density at radius 2 is 2.29 bits per heavy atom. The minimum absolute atomic E-state index is 0.0222. The van der Waals surface area contributed by atoms with Crippen molar-refractivity contribution in [2.75, 3.05) is 22.9 Å². The minimum Gasteiger partial charge on any atom is -0.399 e. The van der Waals surface area contributed by atoms with E-state index >= 15 is 0 Å². The van der Waals surface area contributed by atoms with Crippen LogP contribution in [0, 0.1) is 0 Å². The molecular weight excluding hydrogens is 252 g/mol. The van der Waals surface area contributed by atoms with E-state index in [-0.39, 0.29) is 11.2 Å². The number of carbonyl (C=O) groups is 1. The summed E-state index contributed by atoms with van der Waals surface area (Å²) in [6.07, 6.45) is 0.889. The third-order valence-corrected chi connectivity index (χ3v) is 4.20. The zero-order valence-electron chi connectivity index (χ0n) is 9.72. The summed E-state index contributed by atoms with van der Waals surface area (Å²) in [5.41, 5.74) is 7.43. The Kier molecular flexibility index (Phi) is 3.89. The van der Waals surface area contributed by atoms with Crippen molar-refractivity contribution >= 4 is 41.7 Å². The lowest BCUT2D eigenvalue weighted by atomic mass is 10.2. The van der Waals surface area contributed by atoms with E-state index in [1.807, 2.05) is 30.0 Å². The van der Waals surface area contributed by atoms with Gasteiger partial charge in [0, 0.05) is 17.1 Å². The maximum atomic E-state index is 12.1. The summed E-state index contributed by atoms with van der Waals surface area (Å²) in [7, 11) is 0. The van der Waals surface area contributed by atoms with Crippen LogP contribution in [0.4, 0.5) is 11.4 Å². The number of fused-ring (bicyclic) bond motifs is 1. The van der Waals surface area contributed by atoms with Gasteiger partial charge in [-0.05, 0) is 37.3 Å². The van der Waals surface area contributed by atoms with E-state index in [2.05, 4.69) is 12.6 Å². The van der Waals surface area contributed by atoms with Crippen molar-refractivity contribution < 1.29 is 4.79 Å². The largest absolute Gasteiger partial charge is 0.399 e. The lowest BCUT2D eigenvalue weighted by Gasteiger charge is -2.32. The summed E-state index contributed by atoms with van der Waals surface area (Å²) in [5, 5.41) is -0.0222. The van der Waals surface area contributed by atoms with Gasteiger partial charge in [0.1, 0.15) is 0 Å². The van der Waals surface area contributed by atoms with Gasteiger partial charge in [-0.3, -0.25) is 4.79 Å². The highest BCUT2D eigenvalue weighted by atomic mass is 32.2. The molecule has 5 heteroatoms. The SMILES string of the molecule is CC1Sc2ccc(N)cc2N(CCCS)C1=O. The first-order valence-electron chi connectivity index (χ1n) is 5.62. The fourth-order valence-corrected chi connectivity index (χ4v) is 3.07. The molecule has 1 aliphatic rings. The van der Waals surface area contributed by atoms with Crippen molar-refractivity contribution in [3.63, 3.8) is 0 Å². The zero-order chi connectivity index (χ0) is 12.4. The monoisotopic (exact) mass is 268 g/mol. The molecule has 0 saturated carbocycles. The maximum Gasteiger partial charge on any atom is 0.240 e. The normalized spacial score (nSPS) is 19.3. The van der Waals surface area contributed by atoms with E-state index in [1.165, 1.54) is 0 Å². The number of nitrogen functional groups attached to an aromatic ring is 1. The summed E-state index contributed by atoms with van der Waals surface area (Å²) >= 11 is 5.79. The topological polar surface area (TPSA) is 46.3 Å². The molecule has 0 saturated heterocycles. The standard InChI is InChI=1S/C12H16N2OS2/c1-8-12(15)14(5-2-6-16)10-7-9(13)3-4-11(10)17-8/h3-4,7-8,16H,2,5-6,13H2,1H3. The molecule has 1 atom stereocenters. The lowest BCUT2D eigenvalue weighted by Crippen LogP contribution is -2.40. The third kappa shape index (κ3) is 2.55. The summed E-state index contributed by atoms with van der Waals surface area (Å²) < 4.78 is 0. The van der Waals surface area contributed by atoms with Crippen molar-refractivity contribution in [2.24, 2.45) is 0 Å². The zero-order valence-corrected chi connectivity index (χ0v) is 11.4. The van der Waals surface area contributed by atoms with Gasteiger partial charge in [-0.15, -0.1) is 11.8 Å². The van der Waals surface area contributed by atoms with Crippen molar-refractivity contribution in [2.45, 2.75) is 23.5 Å². The van der Waals surface area contributed by atoms with Crippen molar-refractivity contribution in [1.29, 1.82) is 0 Å². The van der Waals surface area contributed by atoms with Crippen LogP contribution < -0.4 is 10.6 Å². The molecule has 0 radical (unpaired) electrons. The first kappa shape index (κ1) is 12.6. The smallest absolute Gasteiger partial charge is 0.240 e. The molecule has 0 fully saturated rings. The van der Waals surface area contributed by atoms with E-state index in [0.717, 1.165) is 22.8 Å². The van der Waals surface area contributed by atoms with Crippen molar-refractivity contribution in [3.8, 4) is 0 Å². The van der Waals surface area contributed by atoms with Crippen LogP contribution in [0.25, 0.3) is 0 Å². The Bertz CT molecular complexity index is 437. The van der Waals surface area contributed by atoms with E-state index in [4.69, 9.17) is 5.73 Å². The van der Waals surface area contributed by atoms with Gasteiger partial charge in [0.25, 0.3) is 0 Å². The number of hydrogen-bond donors (Lipinski definition) is 2. The van der Waals surface area contributed by atoms with Crippen LogP contribution in [-0.2, 0) is 4.79 Å². The number of amides is 1. The number of hydrogen-bond acceptors (Lipinski definition) is 4. The van der Waals surface area contributed by atoms with Gasteiger partial charge in [0.05, 0.1) is 10.9 Å². The van der Waals surface area contributed by atoms with Crippen LogP contribution in [0.2, 0.25) is 0 Å². The van der Waals surface area contributed by atoms with Gasteiger partial charge in [-0.2, -0.15) is 12.6 Å². The van der Waals surface area contributed by atoms with Crippen LogP contribution in [0.5, 0.6) is 0 Å². The van der Waals surface area contributed by atoms with Crippen LogP contribution >= 0.6 is 24.4 Å². The highest BCUT2D eigenvalue weighted by Gasteiger charge is 2.30. The second kappa shape index (κ2) is 5.23. The molecule has 0 aromatic heterocycles. The fraction of sp³-hybridized carbons (Fsp3) is 0.417. The molecule has 0 aliphatic carbocycles. The molecule has 1 amide bonds. The first-order valence-corrected chi connectivity index (χ1v) is 7.13. The molecule has 17 heavy (non-hydrogen) atoms. The average Bonchev–Trinajstić information content (AvgIpc) is 2.31. The van der Waals surface area contributed by atoms with E-state index < -0.39 is 0 Å². The predicted octanol–water partition coefficient (Wildman–Crippen LogP) is 2.42. The second-order valence-electron chi connectivity index (χ2n) is 4.05. The van der Waals surface area contributed by atoms with Crippen molar-refractivity contribution in [1.82, 2.24) is 0 Å². The van der Waals surface area contributed by atoms with Gasteiger partial charge in [0.15, 0.2) is 0 Å². The molecule has 2 N–H and O–H groups in total. The molecule has 1 aromatic carbocycles. The predicted molar refractivity (Wildman–Crippen MR) is 77.0 cm³/mol. The number of nitrogens with two attached hydrogens (primary N) is 1. The van der Waals surface area contributed by atoms with Crippen LogP contribution in [-0.4, -0.2) is 23.5 Å². The molecule has 0 spiro atoms. The van der Waals surface area contributed by atoms with Crippen LogP contribution in [0.15, 0.2) is 23.1 Å². The molecule has 1 aromatic rings. The second-order valence-corrected chi connectivity index (χ2v) is 5.88. The Morgan fingerprint density at radius 1 is 1.53 bits per heavy atom. The highest BCUT2D eigenvalue weighted by Crippen LogP contribution is 2.40. The molecule has 0 bridgehead atoms. The summed E-state index contributed by atoms with van der Waals surface area (Å²) in [6, 6.07) is 5.75. The number of rotatable bonds is 3. The number of thioether (sulfide) groups is 1. The lowest BCUT2D eigenvalue weighted by molar-refractivity contribution is -0.118. The van der Waals surface area contributed by atoms with Gasteiger partial charge in [0.2, 0.25) is 5.91 Å². The number of carbonyl (C=O) groups excluding carboxylic acids is 1. The molecular formula is C12H16N2OS2. The van der Waals surface area contributed by atoms with Gasteiger partial charge < -0.3 is 10.6 Å². The number of thiol groups is 1. The quantitative estimate of drug-likeness (QED) is 0.654. The van der Waals surface area contributed by atoms with Gasteiger partial charge >= 0.3 is 0 Å². The van der Waals surface area contributed by atoms with Gasteiger partial charge in [-0.1, -0.05) is 0 Å². The Balaban J connectivity index is 2.36. The average molecular weight is 268 g/mol. The summed E-state index contributed by atoms with van der Waals surface area (Å²) in [6.45, 7) is 2.66. The van der Waals surface area contributed by atoms with E-state index in [1.54, 1.807) is 11.8 Å². The molecule has 1 heterocycles. The van der Waals surface area contributed by atoms with E-state index in [9.17, 15) is 4.79 Å². The molecule has 2 rings (SSSR count). The van der Waals surface area contributed by atoms with Crippen molar-refractivity contribution in [3.05, 3.63) is 18.2 Å². The maximum absolute atomic E-state index is 12.1. The minimum atomic E-state index is -0.0222. The number of benzene rings is 1. The number of nitrogens with zero attached hydrogens (tertiary/aromatic N) is 1. The van der Waals surface area contributed by atoms with Crippen LogP contribution in [0.3, 0.4) is 0 Å². The Labute approximate surface area is 111 Å². The number of anilines is 2.